The maximum absolute atomic E-state index is 15.2. The molecule has 28 atom stereocenters. The van der Waals surface area contributed by atoms with E-state index in [9.17, 15) is 79.4 Å². The van der Waals surface area contributed by atoms with Gasteiger partial charge in [-0.15, -0.1) is 0 Å². The Labute approximate surface area is 471 Å². The van der Waals surface area contributed by atoms with Gasteiger partial charge in [-0.25, -0.2) is 4.18 Å². The Bertz CT molecular complexity index is 2380. The molecule has 0 bridgehead atoms. The highest BCUT2D eigenvalue weighted by molar-refractivity contribution is 7.80. The SMILES string of the molecule is CC1(C)CC[C@@]2(C(=O)O[C@@H]3O[C@H](CO[C@@H]4O[C@H](CO)[C@@H](O)[C@H](O)[C@H]4O[C@@H]4O[C@H](CO[C@@H]5O[C@H](CO)[C@@H](O)[C@H](O)[C@H]5O)[C@@H](O)[C@H](O)[C@H]4O)[C@@H](O)[C@H](O)[C@H]3O)CC[C@]3(C)C(=CC[C@H]4[C@@]5(C)CC[C@H](OS(=O)(=O)O)C(C)(C)[C@H]5CC[C@]43C)[C@H]2C1. The highest BCUT2D eigenvalue weighted by Gasteiger charge is 2.70. The molecule has 4 saturated carbocycles. The molecule has 0 amide bonds. The summed E-state index contributed by atoms with van der Waals surface area (Å²) in [4.78, 5) is 15.2. The van der Waals surface area contributed by atoms with E-state index in [0.717, 1.165) is 19.3 Å². The van der Waals surface area contributed by atoms with Crippen LogP contribution in [0.15, 0.2) is 11.6 Å². The molecule has 0 aromatic carbocycles. The topological polar surface area (TPSA) is 418 Å². The summed E-state index contributed by atoms with van der Waals surface area (Å²) in [6.07, 6.45) is -28.3. The highest BCUT2D eigenvalue weighted by Crippen LogP contribution is 2.76. The molecule has 9 rings (SSSR count). The van der Waals surface area contributed by atoms with E-state index in [0.29, 0.717) is 44.9 Å². The number of ether oxygens (including phenoxy) is 8. The molecule has 4 heterocycles. The number of allylic oxidation sites excluding steroid dienone is 2. The van der Waals surface area contributed by atoms with Crippen molar-refractivity contribution in [3.8, 4) is 0 Å². The van der Waals surface area contributed by atoms with Gasteiger partial charge in [0, 0.05) is 0 Å². The standard InChI is InChI=1S/C54H88O26S/c1-49(2)14-16-54(17-15-52(6)23(24(54)18-49)8-9-30-51(5)12-11-31(80-81(69,70)71)50(3,4)29(51)10-13-53(30,52)7)48(68)79-46-42(67)38(63)35(60)28(77-46)22-73-47-43(39(64)33(58)26(20-56)75-47)78-45-41(66)37(62)34(59)27(76-45)21-72-44-40(65)36(61)32(57)25(19-55)74-44/h8,24-47,55-67H,9-22H2,1-7H3,(H,69,70,71)/t24-,25-,26-,27-,28-,29-,30+,31+,32-,33-,34-,35-,36+,37+,38+,39+,40-,41-,42-,43-,44-,45+,46+,47-,51+,52-,53-,54-/m1/s1. The molecule has 81 heavy (non-hydrogen) atoms. The van der Waals surface area contributed by atoms with E-state index in [4.69, 9.17) is 42.1 Å². The predicted molar refractivity (Wildman–Crippen MR) is 273 cm³/mol. The predicted octanol–water partition coefficient (Wildman–Crippen LogP) is -2.21. The zero-order valence-corrected chi connectivity index (χ0v) is 47.7. The van der Waals surface area contributed by atoms with Crippen LogP contribution in [0.1, 0.15) is 113 Å². The quantitative estimate of drug-likeness (QED) is 0.0498. The monoisotopic (exact) mass is 1180 g/mol. The van der Waals surface area contributed by atoms with Crippen molar-refractivity contribution in [1.82, 2.24) is 0 Å². The number of carbonyl (C=O) groups excluding carboxylic acids is 1. The van der Waals surface area contributed by atoms with Gasteiger partial charge in [0.1, 0.15) is 97.7 Å². The fourth-order valence-electron chi connectivity index (χ4n) is 16.5. The first-order valence-corrected chi connectivity index (χ1v) is 29.8. The van der Waals surface area contributed by atoms with Crippen LogP contribution >= 0.6 is 0 Å². The van der Waals surface area contributed by atoms with Crippen molar-refractivity contribution in [3.63, 3.8) is 0 Å². The Kier molecular flexibility index (Phi) is 18.2. The molecule has 4 aliphatic heterocycles. The third-order valence-corrected chi connectivity index (χ3v) is 22.1. The normalized spacial score (nSPS) is 51.6. The Morgan fingerprint density at radius 3 is 1.68 bits per heavy atom. The molecule has 0 unspecified atom stereocenters. The Morgan fingerprint density at radius 1 is 0.580 bits per heavy atom. The van der Waals surface area contributed by atoms with E-state index in [1.54, 1.807) is 0 Å². The van der Waals surface area contributed by atoms with E-state index in [1.165, 1.54) is 5.57 Å². The van der Waals surface area contributed by atoms with Crippen molar-refractivity contribution >= 4 is 16.4 Å². The van der Waals surface area contributed by atoms with Gasteiger partial charge in [-0.2, -0.15) is 8.42 Å². The summed E-state index contributed by atoms with van der Waals surface area (Å²) < 4.78 is 85.3. The lowest BCUT2D eigenvalue weighted by atomic mass is 9.33. The molecular weight excluding hydrogens is 1100 g/mol. The van der Waals surface area contributed by atoms with Crippen molar-refractivity contribution in [1.29, 1.82) is 0 Å². The van der Waals surface area contributed by atoms with Crippen molar-refractivity contribution in [2.75, 3.05) is 26.4 Å². The molecule has 466 valence electrons. The second kappa shape index (κ2) is 23.1. The number of carbonyl (C=O) groups is 1. The van der Waals surface area contributed by atoms with Crippen LogP contribution in [0, 0.1) is 50.2 Å². The third-order valence-electron chi connectivity index (χ3n) is 21.6. The Hall–Kier alpha value is -1.72. The average Bonchev–Trinajstić information content (AvgIpc) is 0.957. The largest absolute Gasteiger partial charge is 0.432 e. The van der Waals surface area contributed by atoms with Crippen LogP contribution in [0.4, 0.5) is 0 Å². The summed E-state index contributed by atoms with van der Waals surface area (Å²) in [5.41, 5.74) is -1.44. The first kappa shape index (κ1) is 63.8. The van der Waals surface area contributed by atoms with Crippen LogP contribution in [-0.4, -0.2) is 241 Å². The molecule has 5 aliphatic carbocycles. The van der Waals surface area contributed by atoms with Crippen molar-refractivity contribution in [2.45, 2.75) is 242 Å². The summed E-state index contributed by atoms with van der Waals surface area (Å²) in [5, 5.41) is 140. The van der Waals surface area contributed by atoms with Gasteiger partial charge in [0.15, 0.2) is 18.9 Å². The fraction of sp³-hybridized carbons (Fsp3) is 0.944. The number of hydrogen-bond acceptors (Lipinski definition) is 25. The zero-order valence-electron chi connectivity index (χ0n) is 46.9. The minimum Gasteiger partial charge on any atom is -0.432 e. The zero-order chi connectivity index (χ0) is 59.5. The second-order valence-corrected chi connectivity index (χ2v) is 27.9. The molecule has 0 aromatic rings. The summed E-state index contributed by atoms with van der Waals surface area (Å²) in [7, 11) is -4.67. The number of esters is 1. The molecular formula is C54H88O26S. The number of rotatable bonds is 14. The lowest BCUT2D eigenvalue weighted by Crippen LogP contribution is -2.66. The first-order valence-electron chi connectivity index (χ1n) is 28.5. The molecule has 8 fully saturated rings. The molecule has 26 nitrogen and oxygen atoms in total. The van der Waals surface area contributed by atoms with Gasteiger partial charge in [0.25, 0.3) is 0 Å². The molecule has 0 spiro atoms. The van der Waals surface area contributed by atoms with Crippen molar-refractivity contribution in [2.24, 2.45) is 50.2 Å². The van der Waals surface area contributed by atoms with Gasteiger partial charge in [0.2, 0.25) is 6.29 Å². The van der Waals surface area contributed by atoms with E-state index in [2.05, 4.69) is 40.7 Å². The number of hydrogen-bond donors (Lipinski definition) is 14. The summed E-state index contributed by atoms with van der Waals surface area (Å²) in [6, 6.07) is 0. The molecule has 27 heteroatoms. The molecule has 0 radical (unpaired) electrons. The van der Waals surface area contributed by atoms with Crippen LogP contribution in [0.5, 0.6) is 0 Å². The third kappa shape index (κ3) is 11.1. The van der Waals surface area contributed by atoms with Crippen LogP contribution in [-0.2, 0) is 57.3 Å². The van der Waals surface area contributed by atoms with Gasteiger partial charge in [0.05, 0.1) is 37.9 Å². The van der Waals surface area contributed by atoms with Crippen LogP contribution in [0.3, 0.4) is 0 Å². The second-order valence-electron chi connectivity index (χ2n) is 26.9. The van der Waals surface area contributed by atoms with Gasteiger partial charge in [-0.3, -0.25) is 9.35 Å². The van der Waals surface area contributed by atoms with Gasteiger partial charge in [-0.05, 0) is 109 Å². The average molecular weight is 1190 g/mol. The van der Waals surface area contributed by atoms with Gasteiger partial charge < -0.3 is 104 Å². The Balaban J connectivity index is 0.903. The van der Waals surface area contributed by atoms with Crippen molar-refractivity contribution in [3.05, 3.63) is 11.6 Å². The van der Waals surface area contributed by atoms with E-state index in [-0.39, 0.29) is 39.4 Å². The minimum absolute atomic E-state index is 0.0933. The van der Waals surface area contributed by atoms with E-state index in [1.807, 2.05) is 13.8 Å². The first-order chi connectivity index (χ1) is 37.7. The summed E-state index contributed by atoms with van der Waals surface area (Å²) in [5.74, 6) is -0.647. The molecule has 0 aromatic heterocycles. The van der Waals surface area contributed by atoms with Gasteiger partial charge in [-0.1, -0.05) is 60.1 Å². The van der Waals surface area contributed by atoms with E-state index < -0.39 is 183 Å². The van der Waals surface area contributed by atoms with Gasteiger partial charge >= 0.3 is 16.4 Å². The Morgan fingerprint density at radius 2 is 1.09 bits per heavy atom. The van der Waals surface area contributed by atoms with E-state index >= 15 is 4.79 Å². The fourth-order valence-corrected chi connectivity index (χ4v) is 17.2. The molecule has 9 aliphatic rings. The molecule has 14 N–H and O–H groups in total. The number of fused-ring (bicyclic) bond motifs is 7. The highest BCUT2D eigenvalue weighted by atomic mass is 32.3. The lowest BCUT2D eigenvalue weighted by Gasteiger charge is -2.71. The maximum Gasteiger partial charge on any atom is 0.397 e. The van der Waals surface area contributed by atoms with Crippen molar-refractivity contribution < 1.29 is 126 Å². The van der Waals surface area contributed by atoms with Crippen LogP contribution in [0.2, 0.25) is 0 Å². The number of aliphatic hydroxyl groups is 13. The minimum atomic E-state index is -4.67. The summed E-state index contributed by atoms with van der Waals surface area (Å²) >= 11 is 0. The van der Waals surface area contributed by atoms with Crippen LogP contribution in [0.25, 0.3) is 0 Å². The summed E-state index contributed by atoms with van der Waals surface area (Å²) in [6.45, 7) is 12.3. The molecule has 4 saturated heterocycles. The number of aliphatic hydroxyl groups excluding tert-OH is 13. The smallest absolute Gasteiger partial charge is 0.397 e. The lowest BCUT2D eigenvalue weighted by molar-refractivity contribution is -0.376. The van der Waals surface area contributed by atoms with Crippen LogP contribution < -0.4 is 0 Å². The maximum atomic E-state index is 15.2.